The highest BCUT2D eigenvalue weighted by atomic mass is 16.5. The maximum atomic E-state index is 12.1. The second-order valence-electron chi connectivity index (χ2n) is 6.08. The quantitative estimate of drug-likeness (QED) is 0.893. The molecule has 2 aliphatic heterocycles. The Balaban J connectivity index is 1.44. The summed E-state index contributed by atoms with van der Waals surface area (Å²) in [4.78, 5) is 22.8. The molecule has 3 heterocycles. The summed E-state index contributed by atoms with van der Waals surface area (Å²) in [6.07, 6.45) is 9.48. The zero-order valence-electron chi connectivity index (χ0n) is 12.9. The Kier molecular flexibility index (Phi) is 5.21. The van der Waals surface area contributed by atoms with Crippen LogP contribution in [0.5, 0.6) is 0 Å². The van der Waals surface area contributed by atoms with E-state index in [0.717, 1.165) is 57.7 Å². The first-order valence-electron chi connectivity index (χ1n) is 8.24. The minimum Gasteiger partial charge on any atom is -0.378 e. The first kappa shape index (κ1) is 15.2. The van der Waals surface area contributed by atoms with Crippen LogP contribution in [0.3, 0.4) is 0 Å². The van der Waals surface area contributed by atoms with Gasteiger partial charge in [-0.25, -0.2) is 9.97 Å². The molecule has 2 fully saturated rings. The van der Waals surface area contributed by atoms with E-state index in [-0.39, 0.29) is 18.1 Å². The SMILES string of the molecule is O=C(CC[C@H]1CCCO1)N[C@@H]1CCCN(c2ncccn2)C1. The van der Waals surface area contributed by atoms with Crippen molar-refractivity contribution in [1.82, 2.24) is 15.3 Å². The Morgan fingerprint density at radius 2 is 2.18 bits per heavy atom. The van der Waals surface area contributed by atoms with E-state index in [2.05, 4.69) is 20.2 Å². The third-order valence-electron chi connectivity index (χ3n) is 4.34. The molecular weight excluding hydrogens is 280 g/mol. The summed E-state index contributed by atoms with van der Waals surface area (Å²) >= 11 is 0. The molecule has 0 spiro atoms. The van der Waals surface area contributed by atoms with Crippen LogP contribution < -0.4 is 10.2 Å². The van der Waals surface area contributed by atoms with Crippen molar-refractivity contribution in [2.75, 3.05) is 24.6 Å². The van der Waals surface area contributed by atoms with Gasteiger partial charge < -0.3 is 15.0 Å². The van der Waals surface area contributed by atoms with Crippen LogP contribution in [0.2, 0.25) is 0 Å². The highest BCUT2D eigenvalue weighted by Crippen LogP contribution is 2.18. The minimum atomic E-state index is 0.135. The average molecular weight is 304 g/mol. The smallest absolute Gasteiger partial charge is 0.225 e. The zero-order chi connectivity index (χ0) is 15.2. The number of hydrogen-bond acceptors (Lipinski definition) is 5. The monoisotopic (exact) mass is 304 g/mol. The van der Waals surface area contributed by atoms with E-state index in [4.69, 9.17) is 4.74 Å². The lowest BCUT2D eigenvalue weighted by Crippen LogP contribution is -2.48. The van der Waals surface area contributed by atoms with Crippen LogP contribution >= 0.6 is 0 Å². The van der Waals surface area contributed by atoms with E-state index >= 15 is 0 Å². The first-order chi connectivity index (χ1) is 10.8. The minimum absolute atomic E-state index is 0.135. The zero-order valence-corrected chi connectivity index (χ0v) is 12.9. The molecule has 6 nitrogen and oxygen atoms in total. The molecule has 0 saturated carbocycles. The molecule has 0 aromatic carbocycles. The lowest BCUT2D eigenvalue weighted by atomic mass is 10.1. The van der Waals surface area contributed by atoms with E-state index in [9.17, 15) is 4.79 Å². The highest BCUT2D eigenvalue weighted by Gasteiger charge is 2.23. The topological polar surface area (TPSA) is 67.3 Å². The molecule has 22 heavy (non-hydrogen) atoms. The number of nitrogens with one attached hydrogen (secondary N) is 1. The van der Waals surface area contributed by atoms with Crippen molar-refractivity contribution in [3.8, 4) is 0 Å². The van der Waals surface area contributed by atoms with Gasteiger partial charge in [0.2, 0.25) is 11.9 Å². The number of hydrogen-bond donors (Lipinski definition) is 1. The van der Waals surface area contributed by atoms with Gasteiger partial charge in [-0.1, -0.05) is 0 Å². The molecule has 1 N–H and O–H groups in total. The molecule has 2 aliphatic rings. The van der Waals surface area contributed by atoms with Crippen LogP contribution in [-0.2, 0) is 9.53 Å². The number of carbonyl (C=O) groups excluding carboxylic acids is 1. The van der Waals surface area contributed by atoms with E-state index in [0.29, 0.717) is 6.42 Å². The number of carbonyl (C=O) groups is 1. The number of aromatic nitrogens is 2. The molecule has 1 aromatic heterocycles. The summed E-state index contributed by atoms with van der Waals surface area (Å²) in [6, 6.07) is 2.01. The number of anilines is 1. The molecule has 0 bridgehead atoms. The number of amides is 1. The van der Waals surface area contributed by atoms with Crippen LogP contribution in [0.25, 0.3) is 0 Å². The third-order valence-corrected chi connectivity index (χ3v) is 4.34. The highest BCUT2D eigenvalue weighted by molar-refractivity contribution is 5.76. The normalized spacial score (nSPS) is 25.2. The summed E-state index contributed by atoms with van der Waals surface area (Å²) < 4.78 is 5.56. The fraction of sp³-hybridized carbons (Fsp3) is 0.688. The molecule has 2 atom stereocenters. The Hall–Kier alpha value is -1.69. The Morgan fingerprint density at radius 1 is 1.32 bits per heavy atom. The maximum Gasteiger partial charge on any atom is 0.225 e. The largest absolute Gasteiger partial charge is 0.378 e. The molecular formula is C16H24N4O2. The molecule has 120 valence electrons. The number of piperidine rings is 1. The predicted molar refractivity (Wildman–Crippen MR) is 83.6 cm³/mol. The second kappa shape index (κ2) is 7.54. The van der Waals surface area contributed by atoms with Crippen molar-refractivity contribution in [1.29, 1.82) is 0 Å². The van der Waals surface area contributed by atoms with Crippen molar-refractivity contribution in [3.05, 3.63) is 18.5 Å². The Labute approximate surface area is 131 Å². The van der Waals surface area contributed by atoms with Crippen molar-refractivity contribution < 1.29 is 9.53 Å². The van der Waals surface area contributed by atoms with E-state index in [1.54, 1.807) is 12.4 Å². The van der Waals surface area contributed by atoms with E-state index in [1.807, 2.05) is 6.07 Å². The molecule has 0 aliphatic carbocycles. The molecule has 6 heteroatoms. The van der Waals surface area contributed by atoms with Crippen LogP contribution in [0, 0.1) is 0 Å². The van der Waals surface area contributed by atoms with Gasteiger partial charge in [-0.05, 0) is 38.2 Å². The van der Waals surface area contributed by atoms with Gasteiger partial charge in [0.15, 0.2) is 0 Å². The standard InChI is InChI=1S/C16H24N4O2/c21-15(7-6-14-5-2-11-22-14)19-13-4-1-10-20(12-13)16-17-8-3-9-18-16/h3,8-9,13-14H,1-2,4-7,10-12H2,(H,19,21)/t13-,14-/m1/s1. The van der Waals surface area contributed by atoms with Crippen LogP contribution in [-0.4, -0.2) is 47.7 Å². The average Bonchev–Trinajstić information content (AvgIpc) is 3.08. The van der Waals surface area contributed by atoms with Gasteiger partial charge >= 0.3 is 0 Å². The third kappa shape index (κ3) is 4.16. The summed E-state index contributed by atoms with van der Waals surface area (Å²) in [5.74, 6) is 0.886. The molecule has 2 saturated heterocycles. The van der Waals surface area contributed by atoms with Crippen molar-refractivity contribution >= 4 is 11.9 Å². The second-order valence-corrected chi connectivity index (χ2v) is 6.08. The Bertz CT molecular complexity index is 476. The van der Waals surface area contributed by atoms with Crippen LogP contribution in [0.4, 0.5) is 5.95 Å². The number of nitrogens with zero attached hydrogens (tertiary/aromatic N) is 3. The molecule has 0 radical (unpaired) electrons. The number of ether oxygens (including phenoxy) is 1. The van der Waals surface area contributed by atoms with Gasteiger partial charge in [-0.3, -0.25) is 4.79 Å². The van der Waals surface area contributed by atoms with Crippen molar-refractivity contribution in [2.45, 2.75) is 50.7 Å². The first-order valence-corrected chi connectivity index (χ1v) is 8.24. The van der Waals surface area contributed by atoms with Crippen LogP contribution in [0.15, 0.2) is 18.5 Å². The van der Waals surface area contributed by atoms with Gasteiger partial charge in [-0.15, -0.1) is 0 Å². The fourth-order valence-corrected chi connectivity index (χ4v) is 3.20. The van der Waals surface area contributed by atoms with Crippen molar-refractivity contribution in [2.24, 2.45) is 0 Å². The van der Waals surface area contributed by atoms with Gasteiger partial charge in [0, 0.05) is 44.6 Å². The van der Waals surface area contributed by atoms with Gasteiger partial charge in [0.1, 0.15) is 0 Å². The fourth-order valence-electron chi connectivity index (χ4n) is 3.20. The van der Waals surface area contributed by atoms with Gasteiger partial charge in [0.05, 0.1) is 6.10 Å². The lowest BCUT2D eigenvalue weighted by Gasteiger charge is -2.33. The maximum absolute atomic E-state index is 12.1. The summed E-state index contributed by atoms with van der Waals surface area (Å²) in [6.45, 7) is 2.59. The van der Waals surface area contributed by atoms with Crippen LogP contribution in [0.1, 0.15) is 38.5 Å². The molecule has 1 amide bonds. The number of rotatable bonds is 5. The Morgan fingerprint density at radius 3 is 2.95 bits per heavy atom. The van der Waals surface area contributed by atoms with Crippen molar-refractivity contribution in [3.63, 3.8) is 0 Å². The van der Waals surface area contributed by atoms with Gasteiger partial charge in [0.25, 0.3) is 0 Å². The molecule has 3 rings (SSSR count). The molecule has 1 aromatic rings. The molecule has 0 unspecified atom stereocenters. The predicted octanol–water partition coefficient (Wildman–Crippen LogP) is 1.52. The van der Waals surface area contributed by atoms with Gasteiger partial charge in [-0.2, -0.15) is 0 Å². The summed E-state index contributed by atoms with van der Waals surface area (Å²) in [5, 5.41) is 3.15. The lowest BCUT2D eigenvalue weighted by molar-refractivity contribution is -0.122. The summed E-state index contributed by atoms with van der Waals surface area (Å²) in [5.41, 5.74) is 0. The summed E-state index contributed by atoms with van der Waals surface area (Å²) in [7, 11) is 0. The van der Waals surface area contributed by atoms with E-state index in [1.165, 1.54) is 0 Å². The van der Waals surface area contributed by atoms with E-state index < -0.39 is 0 Å².